The second-order valence-electron chi connectivity index (χ2n) is 6.03. The first-order chi connectivity index (χ1) is 11.5. The molecule has 2 unspecified atom stereocenters. The molecule has 0 saturated heterocycles. The summed E-state index contributed by atoms with van der Waals surface area (Å²) in [6.45, 7) is 5.72. The minimum atomic E-state index is -0.562. The molecule has 2 aromatic carbocycles. The summed E-state index contributed by atoms with van der Waals surface area (Å²) in [5, 5.41) is 13.8. The van der Waals surface area contributed by atoms with E-state index in [-0.39, 0.29) is 6.04 Å². The van der Waals surface area contributed by atoms with Crippen LogP contribution in [0.4, 0.5) is 5.69 Å². The Balaban J connectivity index is 1.93. The molecule has 2 N–H and O–H groups in total. The van der Waals surface area contributed by atoms with E-state index in [1.54, 1.807) is 7.11 Å². The highest BCUT2D eigenvalue weighted by Gasteiger charge is 2.11. The number of rotatable bonds is 8. The summed E-state index contributed by atoms with van der Waals surface area (Å²) < 4.78 is 5.20. The number of aliphatic hydroxyl groups is 1. The molecule has 0 aromatic heterocycles. The van der Waals surface area contributed by atoms with Crippen LogP contribution in [0.15, 0.2) is 48.5 Å². The third kappa shape index (κ3) is 4.73. The van der Waals surface area contributed by atoms with Crippen molar-refractivity contribution in [2.75, 3.05) is 32.1 Å². The number of nitrogens with one attached hydrogen (secondary N) is 1. The summed E-state index contributed by atoms with van der Waals surface area (Å²) in [5.74, 6) is 0.759. The molecule has 0 spiro atoms. The van der Waals surface area contributed by atoms with Gasteiger partial charge >= 0.3 is 0 Å². The SMILES string of the molecule is CCN(C)c1ccc(C(C)NCC(O)c2cccc(OC)c2)cc1. The summed E-state index contributed by atoms with van der Waals surface area (Å²) in [4.78, 5) is 2.20. The summed E-state index contributed by atoms with van der Waals surface area (Å²) >= 11 is 0. The lowest BCUT2D eigenvalue weighted by molar-refractivity contribution is 0.170. The minimum Gasteiger partial charge on any atom is -0.497 e. The zero-order valence-corrected chi connectivity index (χ0v) is 15.0. The fourth-order valence-corrected chi connectivity index (χ4v) is 2.57. The molecule has 0 bridgehead atoms. The monoisotopic (exact) mass is 328 g/mol. The molecule has 0 radical (unpaired) electrons. The van der Waals surface area contributed by atoms with Crippen molar-refractivity contribution in [1.29, 1.82) is 0 Å². The number of aliphatic hydroxyl groups excluding tert-OH is 1. The van der Waals surface area contributed by atoms with E-state index in [1.165, 1.54) is 11.3 Å². The Labute approximate surface area is 145 Å². The van der Waals surface area contributed by atoms with Gasteiger partial charge in [-0.25, -0.2) is 0 Å². The van der Waals surface area contributed by atoms with Crippen molar-refractivity contribution < 1.29 is 9.84 Å². The van der Waals surface area contributed by atoms with Gasteiger partial charge in [-0.2, -0.15) is 0 Å². The Kier molecular flexibility index (Phi) is 6.64. The van der Waals surface area contributed by atoms with Crippen LogP contribution in [0.25, 0.3) is 0 Å². The first-order valence-corrected chi connectivity index (χ1v) is 8.41. The molecule has 0 fully saturated rings. The van der Waals surface area contributed by atoms with E-state index < -0.39 is 6.10 Å². The number of hydrogen-bond donors (Lipinski definition) is 2. The van der Waals surface area contributed by atoms with Crippen LogP contribution in [-0.2, 0) is 0 Å². The van der Waals surface area contributed by atoms with Gasteiger partial charge in [0.15, 0.2) is 0 Å². The number of hydrogen-bond acceptors (Lipinski definition) is 4. The Hall–Kier alpha value is -2.04. The Morgan fingerprint density at radius 3 is 2.46 bits per heavy atom. The zero-order valence-electron chi connectivity index (χ0n) is 15.0. The zero-order chi connectivity index (χ0) is 17.5. The molecule has 130 valence electrons. The highest BCUT2D eigenvalue weighted by Crippen LogP contribution is 2.21. The van der Waals surface area contributed by atoms with Crippen LogP contribution in [0.5, 0.6) is 5.75 Å². The summed E-state index contributed by atoms with van der Waals surface area (Å²) in [6.07, 6.45) is -0.562. The van der Waals surface area contributed by atoms with Gasteiger partial charge in [-0.15, -0.1) is 0 Å². The molecule has 0 aliphatic heterocycles. The van der Waals surface area contributed by atoms with E-state index >= 15 is 0 Å². The highest BCUT2D eigenvalue weighted by atomic mass is 16.5. The van der Waals surface area contributed by atoms with E-state index in [9.17, 15) is 5.11 Å². The van der Waals surface area contributed by atoms with Gasteiger partial charge in [0.25, 0.3) is 0 Å². The maximum absolute atomic E-state index is 10.4. The second kappa shape index (κ2) is 8.71. The Morgan fingerprint density at radius 2 is 1.83 bits per heavy atom. The second-order valence-corrected chi connectivity index (χ2v) is 6.03. The molecule has 0 aliphatic carbocycles. The van der Waals surface area contributed by atoms with Crippen LogP contribution in [0.2, 0.25) is 0 Å². The van der Waals surface area contributed by atoms with Crippen molar-refractivity contribution in [1.82, 2.24) is 5.32 Å². The van der Waals surface area contributed by atoms with Crippen LogP contribution in [0.3, 0.4) is 0 Å². The van der Waals surface area contributed by atoms with Gasteiger partial charge in [0.05, 0.1) is 13.2 Å². The standard InChI is InChI=1S/C20H28N2O2/c1-5-22(3)18-11-9-16(10-12-18)15(2)21-14-20(23)17-7-6-8-19(13-17)24-4/h6-13,15,20-21,23H,5,14H2,1-4H3. The first kappa shape index (κ1) is 18.3. The summed E-state index contributed by atoms with van der Waals surface area (Å²) in [7, 11) is 3.71. The van der Waals surface area contributed by atoms with Crippen LogP contribution >= 0.6 is 0 Å². The van der Waals surface area contributed by atoms with Gasteiger partial charge in [0.2, 0.25) is 0 Å². The summed E-state index contributed by atoms with van der Waals surface area (Å²) in [5.41, 5.74) is 3.28. The van der Waals surface area contributed by atoms with Crippen LogP contribution in [-0.4, -0.2) is 32.4 Å². The van der Waals surface area contributed by atoms with Crippen molar-refractivity contribution in [3.63, 3.8) is 0 Å². The molecule has 24 heavy (non-hydrogen) atoms. The van der Waals surface area contributed by atoms with Gasteiger partial charge in [-0.3, -0.25) is 0 Å². The maximum Gasteiger partial charge on any atom is 0.119 e. The number of methoxy groups -OCH3 is 1. The molecule has 0 aliphatic rings. The normalized spacial score (nSPS) is 13.4. The van der Waals surface area contributed by atoms with E-state index in [0.29, 0.717) is 6.54 Å². The minimum absolute atomic E-state index is 0.172. The predicted octanol–water partition coefficient (Wildman–Crippen LogP) is 3.54. The Morgan fingerprint density at radius 1 is 1.12 bits per heavy atom. The lowest BCUT2D eigenvalue weighted by atomic mass is 10.1. The third-order valence-corrected chi connectivity index (χ3v) is 4.40. The lowest BCUT2D eigenvalue weighted by Crippen LogP contribution is -2.24. The lowest BCUT2D eigenvalue weighted by Gasteiger charge is -2.20. The maximum atomic E-state index is 10.4. The molecule has 0 heterocycles. The average Bonchev–Trinajstić information content (AvgIpc) is 2.65. The van der Waals surface area contributed by atoms with Crippen molar-refractivity contribution in [2.24, 2.45) is 0 Å². The van der Waals surface area contributed by atoms with Crippen molar-refractivity contribution in [3.05, 3.63) is 59.7 Å². The number of ether oxygens (including phenoxy) is 1. The molecular weight excluding hydrogens is 300 g/mol. The van der Waals surface area contributed by atoms with Crippen molar-refractivity contribution in [2.45, 2.75) is 26.0 Å². The Bertz CT molecular complexity index is 628. The van der Waals surface area contributed by atoms with Gasteiger partial charge in [0, 0.05) is 31.9 Å². The fraction of sp³-hybridized carbons (Fsp3) is 0.400. The number of anilines is 1. The smallest absolute Gasteiger partial charge is 0.119 e. The van der Waals surface area contributed by atoms with E-state index in [1.807, 2.05) is 24.3 Å². The molecule has 2 aromatic rings. The molecule has 0 saturated carbocycles. The largest absolute Gasteiger partial charge is 0.497 e. The van der Waals surface area contributed by atoms with Crippen LogP contribution < -0.4 is 15.0 Å². The first-order valence-electron chi connectivity index (χ1n) is 8.41. The van der Waals surface area contributed by atoms with Gasteiger partial charge in [-0.1, -0.05) is 24.3 Å². The molecule has 2 rings (SSSR count). The number of benzene rings is 2. The van der Waals surface area contributed by atoms with Crippen LogP contribution in [0.1, 0.15) is 37.1 Å². The fourth-order valence-electron chi connectivity index (χ4n) is 2.57. The van der Waals surface area contributed by atoms with E-state index in [4.69, 9.17) is 4.74 Å². The van der Waals surface area contributed by atoms with Gasteiger partial charge < -0.3 is 20.1 Å². The summed E-state index contributed by atoms with van der Waals surface area (Å²) in [6, 6.07) is 16.3. The quantitative estimate of drug-likeness (QED) is 0.778. The third-order valence-electron chi connectivity index (χ3n) is 4.40. The molecular formula is C20H28N2O2. The molecule has 2 atom stereocenters. The molecule has 4 nitrogen and oxygen atoms in total. The topological polar surface area (TPSA) is 44.7 Å². The molecule has 4 heteroatoms. The van der Waals surface area contributed by atoms with E-state index in [0.717, 1.165) is 17.9 Å². The molecule has 0 amide bonds. The van der Waals surface area contributed by atoms with Crippen molar-refractivity contribution in [3.8, 4) is 5.75 Å². The average molecular weight is 328 g/mol. The van der Waals surface area contributed by atoms with E-state index in [2.05, 4.69) is 55.4 Å². The van der Waals surface area contributed by atoms with Crippen LogP contribution in [0, 0.1) is 0 Å². The highest BCUT2D eigenvalue weighted by molar-refractivity contribution is 5.47. The predicted molar refractivity (Wildman–Crippen MR) is 99.8 cm³/mol. The van der Waals surface area contributed by atoms with Gasteiger partial charge in [-0.05, 0) is 49.2 Å². The van der Waals surface area contributed by atoms with Crippen molar-refractivity contribution >= 4 is 5.69 Å². The van der Waals surface area contributed by atoms with Gasteiger partial charge in [0.1, 0.15) is 5.75 Å². The number of nitrogens with zero attached hydrogens (tertiary/aromatic N) is 1.